The van der Waals surface area contributed by atoms with Gasteiger partial charge in [-0.3, -0.25) is 4.79 Å². The number of sulfonamides is 1. The number of carbonyl (C=O) groups is 1. The minimum Gasteiger partial charge on any atom is -0.495 e. The van der Waals surface area contributed by atoms with Crippen LogP contribution in [-0.4, -0.2) is 21.4 Å². The third-order valence-electron chi connectivity index (χ3n) is 3.03. The minimum atomic E-state index is -3.86. The van der Waals surface area contributed by atoms with Crippen molar-refractivity contribution in [1.82, 2.24) is 0 Å². The van der Waals surface area contributed by atoms with Crippen LogP contribution >= 0.6 is 11.3 Å². The Kier molecular flexibility index (Phi) is 4.55. The summed E-state index contributed by atoms with van der Waals surface area (Å²) in [6, 6.07) is 5.83. The molecule has 0 unspecified atom stereocenters. The summed E-state index contributed by atoms with van der Waals surface area (Å²) in [5.74, 6) is 0.0251. The van der Waals surface area contributed by atoms with Crippen molar-refractivity contribution < 1.29 is 17.9 Å². The van der Waals surface area contributed by atoms with Gasteiger partial charge in [0.15, 0.2) is 0 Å². The second-order valence-corrected chi connectivity index (χ2v) is 7.71. The lowest BCUT2D eigenvalue weighted by Gasteiger charge is -2.11. The number of primary sulfonamides is 1. The first-order valence-electron chi connectivity index (χ1n) is 6.31. The number of aryl methyl sites for hydroxylation is 2. The summed E-state index contributed by atoms with van der Waals surface area (Å²) in [6.07, 6.45) is 0. The van der Waals surface area contributed by atoms with Crippen molar-refractivity contribution in [3.8, 4) is 5.75 Å². The highest BCUT2D eigenvalue weighted by Crippen LogP contribution is 2.29. The Balaban J connectivity index is 2.39. The molecule has 0 radical (unpaired) electrons. The SMILES string of the molecule is COc1ccc(S(N)(=O)=O)cc1NC(=O)c1cc(C)sc1C. The summed E-state index contributed by atoms with van der Waals surface area (Å²) in [6.45, 7) is 3.77. The average Bonchev–Trinajstić information content (AvgIpc) is 2.76. The molecule has 3 N–H and O–H groups in total. The third kappa shape index (κ3) is 3.46. The highest BCUT2D eigenvalue weighted by Gasteiger charge is 2.17. The molecule has 0 aliphatic carbocycles. The lowest BCUT2D eigenvalue weighted by molar-refractivity contribution is 0.102. The lowest BCUT2D eigenvalue weighted by atomic mass is 10.2. The lowest BCUT2D eigenvalue weighted by Crippen LogP contribution is -2.15. The maximum absolute atomic E-state index is 12.3. The van der Waals surface area contributed by atoms with Gasteiger partial charge in [0, 0.05) is 9.75 Å². The molecule has 1 heterocycles. The largest absolute Gasteiger partial charge is 0.495 e. The van der Waals surface area contributed by atoms with E-state index < -0.39 is 10.0 Å². The number of nitrogens with one attached hydrogen (secondary N) is 1. The molecule has 22 heavy (non-hydrogen) atoms. The summed E-state index contributed by atoms with van der Waals surface area (Å²) in [5.41, 5.74) is 0.799. The van der Waals surface area contributed by atoms with Gasteiger partial charge in [0.05, 0.1) is 23.3 Å². The van der Waals surface area contributed by atoms with Crippen LogP contribution in [0.4, 0.5) is 5.69 Å². The molecule has 2 rings (SSSR count). The van der Waals surface area contributed by atoms with Crippen LogP contribution in [0.15, 0.2) is 29.2 Å². The number of hydrogen-bond acceptors (Lipinski definition) is 5. The van der Waals surface area contributed by atoms with Crippen molar-refractivity contribution in [2.45, 2.75) is 18.7 Å². The highest BCUT2D eigenvalue weighted by atomic mass is 32.2. The van der Waals surface area contributed by atoms with Crippen LogP contribution in [0.2, 0.25) is 0 Å². The fraction of sp³-hybridized carbons (Fsp3) is 0.214. The van der Waals surface area contributed by atoms with E-state index in [4.69, 9.17) is 9.88 Å². The quantitative estimate of drug-likeness (QED) is 0.892. The van der Waals surface area contributed by atoms with E-state index in [0.29, 0.717) is 11.3 Å². The van der Waals surface area contributed by atoms with Crippen molar-refractivity contribution in [3.63, 3.8) is 0 Å². The number of ether oxygens (including phenoxy) is 1. The van der Waals surface area contributed by atoms with Crippen LogP contribution in [0.5, 0.6) is 5.75 Å². The first-order valence-corrected chi connectivity index (χ1v) is 8.68. The van der Waals surface area contributed by atoms with E-state index in [1.165, 1.54) is 36.6 Å². The molecule has 0 aliphatic heterocycles. The maximum atomic E-state index is 12.3. The molecule has 8 heteroatoms. The summed E-state index contributed by atoms with van der Waals surface area (Å²) < 4.78 is 28.0. The van der Waals surface area contributed by atoms with E-state index in [1.807, 2.05) is 13.8 Å². The Hall–Kier alpha value is -1.90. The number of carbonyl (C=O) groups excluding carboxylic acids is 1. The second kappa shape index (κ2) is 6.07. The molecule has 2 aromatic rings. The molecule has 0 bridgehead atoms. The first kappa shape index (κ1) is 16.5. The van der Waals surface area contributed by atoms with Gasteiger partial charge in [0.1, 0.15) is 5.75 Å². The fourth-order valence-corrected chi connectivity index (χ4v) is 3.47. The summed E-state index contributed by atoms with van der Waals surface area (Å²) >= 11 is 1.52. The molecular weight excluding hydrogens is 324 g/mol. The van der Waals surface area contributed by atoms with Crippen LogP contribution in [0.3, 0.4) is 0 Å². The number of anilines is 1. The van der Waals surface area contributed by atoms with E-state index in [1.54, 1.807) is 6.07 Å². The number of hydrogen-bond donors (Lipinski definition) is 2. The number of amides is 1. The summed E-state index contributed by atoms with van der Waals surface area (Å²) in [5, 5.41) is 7.77. The van der Waals surface area contributed by atoms with E-state index in [2.05, 4.69) is 5.32 Å². The zero-order valence-electron chi connectivity index (χ0n) is 12.3. The third-order valence-corrected chi connectivity index (χ3v) is 4.91. The van der Waals surface area contributed by atoms with Gasteiger partial charge in [-0.2, -0.15) is 0 Å². The van der Waals surface area contributed by atoms with Gasteiger partial charge in [-0.1, -0.05) is 0 Å². The number of thiophene rings is 1. The fourth-order valence-electron chi connectivity index (χ4n) is 2.01. The topological polar surface area (TPSA) is 98.5 Å². The van der Waals surface area contributed by atoms with Gasteiger partial charge in [0.2, 0.25) is 10.0 Å². The molecule has 0 saturated heterocycles. The van der Waals surface area contributed by atoms with Gasteiger partial charge in [-0.25, -0.2) is 13.6 Å². The van der Waals surface area contributed by atoms with Crippen LogP contribution in [0.25, 0.3) is 0 Å². The Bertz CT molecular complexity index is 825. The molecule has 0 atom stereocenters. The molecule has 0 saturated carbocycles. The van der Waals surface area contributed by atoms with Crippen molar-refractivity contribution in [3.05, 3.63) is 39.6 Å². The van der Waals surface area contributed by atoms with E-state index in [-0.39, 0.29) is 16.5 Å². The van der Waals surface area contributed by atoms with Crippen molar-refractivity contribution in [1.29, 1.82) is 0 Å². The molecule has 1 aromatic heterocycles. The van der Waals surface area contributed by atoms with Crippen LogP contribution in [0, 0.1) is 13.8 Å². The highest BCUT2D eigenvalue weighted by molar-refractivity contribution is 7.89. The van der Waals surface area contributed by atoms with Gasteiger partial charge >= 0.3 is 0 Å². The molecular formula is C14H16N2O4S2. The Labute approximate surface area is 133 Å². The molecule has 118 valence electrons. The van der Waals surface area contributed by atoms with Gasteiger partial charge < -0.3 is 10.1 Å². The smallest absolute Gasteiger partial charge is 0.256 e. The monoisotopic (exact) mass is 340 g/mol. The minimum absolute atomic E-state index is 0.0955. The predicted octanol–water partition coefficient (Wildman–Crippen LogP) is 2.27. The Morgan fingerprint density at radius 1 is 1.27 bits per heavy atom. The number of nitrogens with two attached hydrogens (primary N) is 1. The van der Waals surface area contributed by atoms with E-state index in [0.717, 1.165) is 9.75 Å². The average molecular weight is 340 g/mol. The Morgan fingerprint density at radius 3 is 2.45 bits per heavy atom. The number of rotatable bonds is 4. The van der Waals surface area contributed by atoms with Gasteiger partial charge in [-0.15, -0.1) is 11.3 Å². The molecule has 1 amide bonds. The second-order valence-electron chi connectivity index (χ2n) is 4.69. The van der Waals surface area contributed by atoms with Crippen LogP contribution in [-0.2, 0) is 10.0 Å². The molecule has 0 fully saturated rings. The van der Waals surface area contributed by atoms with Gasteiger partial charge in [-0.05, 0) is 38.1 Å². The molecule has 0 spiro atoms. The van der Waals surface area contributed by atoms with Crippen LogP contribution < -0.4 is 15.2 Å². The zero-order valence-corrected chi connectivity index (χ0v) is 14.0. The normalized spacial score (nSPS) is 11.3. The zero-order chi connectivity index (χ0) is 16.5. The molecule has 6 nitrogen and oxygen atoms in total. The molecule has 1 aromatic carbocycles. The van der Waals surface area contributed by atoms with E-state index >= 15 is 0 Å². The molecule has 0 aliphatic rings. The Morgan fingerprint density at radius 2 is 1.95 bits per heavy atom. The van der Waals surface area contributed by atoms with Gasteiger partial charge in [0.25, 0.3) is 5.91 Å². The maximum Gasteiger partial charge on any atom is 0.256 e. The number of methoxy groups -OCH3 is 1. The summed E-state index contributed by atoms with van der Waals surface area (Å²) in [4.78, 5) is 14.1. The van der Waals surface area contributed by atoms with E-state index in [9.17, 15) is 13.2 Å². The van der Waals surface area contributed by atoms with Crippen molar-refractivity contribution >= 4 is 33.0 Å². The standard InChI is InChI=1S/C14H16N2O4S2/c1-8-6-11(9(2)21-8)14(17)16-12-7-10(22(15,18)19)4-5-13(12)20-3/h4-7H,1-3H3,(H,16,17)(H2,15,18,19). The first-order chi connectivity index (χ1) is 10.2. The summed E-state index contributed by atoms with van der Waals surface area (Å²) in [7, 11) is -2.43. The number of benzene rings is 1. The van der Waals surface area contributed by atoms with Crippen LogP contribution in [0.1, 0.15) is 20.1 Å². The van der Waals surface area contributed by atoms with Crippen molar-refractivity contribution in [2.24, 2.45) is 5.14 Å². The predicted molar refractivity (Wildman–Crippen MR) is 86.1 cm³/mol. The van der Waals surface area contributed by atoms with Crippen molar-refractivity contribution in [2.75, 3.05) is 12.4 Å².